The molecule has 1 amide bonds. The largest absolute Gasteiger partial charge is 0.483 e. The number of nitrogens with zero attached hydrogens (tertiary/aromatic N) is 2. The molecule has 0 bridgehead atoms. The summed E-state index contributed by atoms with van der Waals surface area (Å²) in [6.45, 7) is 0.396. The van der Waals surface area contributed by atoms with Gasteiger partial charge in [0, 0.05) is 24.4 Å². The Morgan fingerprint density at radius 3 is 2.40 bits per heavy atom. The predicted molar refractivity (Wildman–Crippen MR) is 122 cm³/mol. The molecule has 0 saturated carbocycles. The molecule has 1 aliphatic rings. The van der Waals surface area contributed by atoms with E-state index in [1.807, 2.05) is 5.32 Å². The van der Waals surface area contributed by atoms with Crippen LogP contribution < -0.4 is 14.4 Å². The summed E-state index contributed by atoms with van der Waals surface area (Å²) in [5.41, 5.74) is -5.74. The number of carboxylic acid groups (broad SMARTS) is 1. The van der Waals surface area contributed by atoms with Gasteiger partial charge >= 0.3 is 24.4 Å². The first-order valence-electron chi connectivity index (χ1n) is 11.1. The molecule has 1 unspecified atom stereocenters. The number of anilines is 2. The Hall–Kier alpha value is -3.83. The van der Waals surface area contributed by atoms with Gasteiger partial charge in [-0.25, -0.2) is 17.6 Å². The Bertz CT molecular complexity index is 1410. The zero-order valence-electron chi connectivity index (χ0n) is 20.4. The lowest BCUT2D eigenvalue weighted by Gasteiger charge is -2.36. The average Bonchev–Trinajstić information content (AvgIpc) is 2.81. The van der Waals surface area contributed by atoms with Crippen molar-refractivity contribution in [2.45, 2.75) is 55.6 Å². The minimum absolute atomic E-state index is 0.228. The normalized spacial score (nSPS) is 16.1. The van der Waals surface area contributed by atoms with Gasteiger partial charge in [-0.2, -0.15) is 26.3 Å². The number of fused-ring (bicyclic) bond motifs is 1. The van der Waals surface area contributed by atoms with Crippen molar-refractivity contribution >= 4 is 33.5 Å². The third-order valence-corrected chi connectivity index (χ3v) is 7.29. The molecule has 10 nitrogen and oxygen atoms in total. The van der Waals surface area contributed by atoms with E-state index in [9.17, 15) is 44.3 Å². The molecule has 0 spiro atoms. The van der Waals surface area contributed by atoms with Gasteiger partial charge in [-0.15, -0.1) is 0 Å². The zero-order chi connectivity index (χ0) is 30.3. The second-order valence-electron chi connectivity index (χ2n) is 8.91. The van der Waals surface area contributed by atoms with E-state index >= 15 is 4.39 Å². The number of sulfonamides is 1. The molecule has 2 heterocycles. The van der Waals surface area contributed by atoms with Crippen molar-refractivity contribution in [1.29, 1.82) is 0 Å². The first-order valence-corrected chi connectivity index (χ1v) is 12.5. The third kappa shape index (κ3) is 6.65. The first kappa shape index (κ1) is 30.7. The van der Waals surface area contributed by atoms with Crippen LogP contribution in [0.15, 0.2) is 35.4 Å². The molecule has 1 aromatic heterocycles. The third-order valence-electron chi connectivity index (χ3n) is 5.51. The van der Waals surface area contributed by atoms with Crippen molar-refractivity contribution in [3.63, 3.8) is 0 Å². The Kier molecular flexibility index (Phi) is 8.16. The van der Waals surface area contributed by atoms with E-state index in [-0.39, 0.29) is 12.5 Å². The van der Waals surface area contributed by atoms with Crippen molar-refractivity contribution in [2.24, 2.45) is 0 Å². The van der Waals surface area contributed by atoms with Crippen LogP contribution in [0.2, 0.25) is 0 Å². The number of ether oxygens (including phenoxy) is 2. The van der Waals surface area contributed by atoms with Gasteiger partial charge in [-0.3, -0.25) is 19.4 Å². The number of aromatic nitrogens is 1. The number of benzene rings is 1. The molecule has 0 radical (unpaired) electrons. The second-order valence-corrected chi connectivity index (χ2v) is 10.8. The number of halogens is 7. The number of amides is 1. The molecular formula is C22H20F7N3O7S. The lowest BCUT2D eigenvalue weighted by molar-refractivity contribution is -0.242. The summed E-state index contributed by atoms with van der Waals surface area (Å²) in [4.78, 5) is 25.3. The smallest absolute Gasteiger partial charge is 0.433 e. The molecule has 0 aliphatic carbocycles. The number of pyridine rings is 1. The van der Waals surface area contributed by atoms with E-state index < -0.39 is 92.6 Å². The molecule has 2 aromatic rings. The van der Waals surface area contributed by atoms with Crippen LogP contribution in [0, 0.1) is 5.82 Å². The van der Waals surface area contributed by atoms with Gasteiger partial charge < -0.3 is 14.6 Å². The maximum absolute atomic E-state index is 15.1. The highest BCUT2D eigenvalue weighted by Gasteiger charge is 2.51. The molecule has 0 fully saturated rings. The van der Waals surface area contributed by atoms with Crippen molar-refractivity contribution < 1.29 is 63.3 Å². The zero-order valence-corrected chi connectivity index (χ0v) is 21.2. The number of carbonyl (C=O) groups is 2. The summed E-state index contributed by atoms with van der Waals surface area (Å²) < 4.78 is 131. The van der Waals surface area contributed by atoms with Crippen LogP contribution in [-0.2, 0) is 25.7 Å². The van der Waals surface area contributed by atoms with Gasteiger partial charge in [0.25, 0.3) is 10.0 Å². The number of hydrogen-bond donors (Lipinski definition) is 2. The molecule has 1 aliphatic heterocycles. The second kappa shape index (κ2) is 10.6. The van der Waals surface area contributed by atoms with E-state index in [4.69, 9.17) is 9.84 Å². The molecule has 0 saturated heterocycles. The van der Waals surface area contributed by atoms with Crippen LogP contribution in [0.4, 0.5) is 46.9 Å². The molecule has 1 atom stereocenters. The number of nitrogens with one attached hydrogen (secondary N) is 1. The van der Waals surface area contributed by atoms with Crippen molar-refractivity contribution in [1.82, 2.24) is 4.98 Å². The van der Waals surface area contributed by atoms with Crippen LogP contribution in [0.3, 0.4) is 0 Å². The Balaban J connectivity index is 2.06. The summed E-state index contributed by atoms with van der Waals surface area (Å²) in [5.74, 6) is -3.38. The SMILES string of the molecule is CC(C)(OC(=O)Nc1cc(F)c2c(c1)N(S(=O)(=O)c1ccnc(C(F)(F)F)c1)CC(CCC(=O)O)O2)C(F)(F)F. The number of rotatable bonds is 7. The summed E-state index contributed by atoms with van der Waals surface area (Å²) in [5, 5.41) is 10.8. The van der Waals surface area contributed by atoms with Gasteiger partial charge in [0.1, 0.15) is 11.8 Å². The molecule has 220 valence electrons. The number of carboxylic acids is 1. The number of alkyl halides is 6. The first-order chi connectivity index (χ1) is 18.2. The maximum Gasteiger partial charge on any atom is 0.433 e. The van der Waals surface area contributed by atoms with Gasteiger partial charge in [-0.1, -0.05) is 0 Å². The Labute approximate surface area is 221 Å². The summed E-state index contributed by atoms with van der Waals surface area (Å²) in [6.07, 6.45) is -13.2. The summed E-state index contributed by atoms with van der Waals surface area (Å²) >= 11 is 0. The van der Waals surface area contributed by atoms with E-state index in [2.05, 4.69) is 9.72 Å². The highest BCUT2D eigenvalue weighted by molar-refractivity contribution is 7.92. The quantitative estimate of drug-likeness (QED) is 0.425. The van der Waals surface area contributed by atoms with Crippen molar-refractivity contribution in [2.75, 3.05) is 16.2 Å². The fourth-order valence-corrected chi connectivity index (χ4v) is 4.89. The summed E-state index contributed by atoms with van der Waals surface area (Å²) in [7, 11) is -4.93. The molecule has 40 heavy (non-hydrogen) atoms. The molecule has 1 aromatic carbocycles. The Morgan fingerprint density at radius 2 is 1.82 bits per heavy atom. The van der Waals surface area contributed by atoms with Gasteiger partial charge in [0.05, 0.1) is 17.1 Å². The Morgan fingerprint density at radius 1 is 1.18 bits per heavy atom. The molecular weight excluding hydrogens is 583 g/mol. The van der Waals surface area contributed by atoms with E-state index in [0.717, 1.165) is 12.1 Å². The van der Waals surface area contributed by atoms with Crippen LogP contribution in [0.5, 0.6) is 5.75 Å². The topological polar surface area (TPSA) is 135 Å². The number of aliphatic carboxylic acids is 1. The van der Waals surface area contributed by atoms with E-state index in [0.29, 0.717) is 30.4 Å². The van der Waals surface area contributed by atoms with Crippen LogP contribution >= 0.6 is 0 Å². The highest BCUT2D eigenvalue weighted by atomic mass is 32.2. The molecule has 3 rings (SSSR count). The number of hydrogen-bond acceptors (Lipinski definition) is 7. The van der Waals surface area contributed by atoms with E-state index in [1.165, 1.54) is 0 Å². The van der Waals surface area contributed by atoms with Gasteiger partial charge in [-0.05, 0) is 38.5 Å². The van der Waals surface area contributed by atoms with Crippen molar-refractivity contribution in [3.05, 3.63) is 42.0 Å². The minimum Gasteiger partial charge on any atom is -0.483 e. The maximum atomic E-state index is 15.1. The number of carbonyl (C=O) groups excluding carboxylic acids is 1. The minimum atomic E-state index is -5.02. The summed E-state index contributed by atoms with van der Waals surface area (Å²) in [6, 6.07) is 2.32. The standard InChI is InChI=1S/C22H20F7N3O7S/c1-20(2,22(27,28)29)39-19(35)31-11-7-14(23)18-15(8-11)32(10-12(38-18)3-4-17(33)34)40(36,37)13-5-6-30-16(9-13)21(24,25)26/h5-9,12H,3-4,10H2,1-2H3,(H,31,35)(H,33,34). The van der Waals surface area contributed by atoms with Crippen LogP contribution in [0.1, 0.15) is 32.4 Å². The van der Waals surface area contributed by atoms with E-state index in [1.54, 1.807) is 0 Å². The van der Waals surface area contributed by atoms with Crippen molar-refractivity contribution in [3.8, 4) is 5.75 Å². The fraction of sp³-hybridized carbons (Fsp3) is 0.409. The molecule has 2 N–H and O–H groups in total. The van der Waals surface area contributed by atoms with Crippen LogP contribution in [0.25, 0.3) is 0 Å². The molecule has 18 heteroatoms. The average molecular weight is 603 g/mol. The highest BCUT2D eigenvalue weighted by Crippen LogP contribution is 2.42. The fourth-order valence-electron chi connectivity index (χ4n) is 3.39. The monoisotopic (exact) mass is 603 g/mol. The lowest BCUT2D eigenvalue weighted by atomic mass is 10.1. The lowest BCUT2D eigenvalue weighted by Crippen LogP contribution is -2.44. The van der Waals surface area contributed by atoms with Crippen LogP contribution in [-0.4, -0.2) is 55.0 Å². The van der Waals surface area contributed by atoms with Gasteiger partial charge in [0.15, 0.2) is 11.6 Å². The predicted octanol–water partition coefficient (Wildman–Crippen LogP) is 4.95. The van der Waals surface area contributed by atoms with Gasteiger partial charge in [0.2, 0.25) is 5.60 Å².